The van der Waals surface area contributed by atoms with Gasteiger partial charge in [0.25, 0.3) is 11.8 Å². The van der Waals surface area contributed by atoms with Gasteiger partial charge in [-0.2, -0.15) is 25.3 Å². The number of aromatic nitrogens is 2. The number of rotatable bonds is 21. The Kier molecular flexibility index (Phi) is 19.1. The van der Waals surface area contributed by atoms with Gasteiger partial charge >= 0.3 is 11.9 Å². The van der Waals surface area contributed by atoms with Gasteiger partial charge in [0.05, 0.1) is 37.7 Å². The Hall–Kier alpha value is -2.46. The van der Waals surface area contributed by atoms with Crippen molar-refractivity contribution in [3.63, 3.8) is 0 Å². The molecule has 0 bridgehead atoms. The van der Waals surface area contributed by atoms with Crippen LogP contribution in [0.15, 0.2) is 36.4 Å². The molecule has 46 heavy (non-hydrogen) atoms. The highest BCUT2D eigenvalue weighted by Crippen LogP contribution is 2.21. The third-order valence-corrected chi connectivity index (χ3v) is 10.4. The van der Waals surface area contributed by atoms with Crippen LogP contribution in [0.25, 0.3) is 11.4 Å². The minimum atomic E-state index is -1.01. The van der Waals surface area contributed by atoms with E-state index < -0.39 is 47.9 Å². The predicted molar refractivity (Wildman–Crippen MR) is 188 cm³/mol. The lowest BCUT2D eigenvalue weighted by atomic mass is 10.2. The SMILES string of the molecule is COC(=O)C(CSSN[C@H](C=O)CS)NC(=O)c1cccc(-c2cccc(C(=O)NC(CSSN[C@H](C=O)CS)C(=O)OC)n2)n1. The van der Waals surface area contributed by atoms with Gasteiger partial charge in [-0.3, -0.25) is 9.59 Å². The van der Waals surface area contributed by atoms with Crippen LogP contribution in [-0.4, -0.2) is 108 Å². The van der Waals surface area contributed by atoms with E-state index in [9.17, 15) is 28.8 Å². The van der Waals surface area contributed by atoms with Crippen LogP contribution in [0, 0.1) is 0 Å². The van der Waals surface area contributed by atoms with Gasteiger partial charge in [0.1, 0.15) is 36.0 Å². The van der Waals surface area contributed by atoms with Gasteiger partial charge < -0.3 is 29.7 Å². The number of carbonyl (C=O) groups is 6. The minimum Gasteiger partial charge on any atom is -0.467 e. The zero-order valence-electron chi connectivity index (χ0n) is 24.4. The summed E-state index contributed by atoms with van der Waals surface area (Å²) in [5.74, 6) is -1.78. The van der Waals surface area contributed by atoms with Crippen molar-refractivity contribution in [2.45, 2.75) is 24.2 Å². The normalized spacial score (nSPS) is 13.4. The van der Waals surface area contributed by atoms with Crippen LogP contribution in [0.3, 0.4) is 0 Å². The molecule has 20 heteroatoms. The van der Waals surface area contributed by atoms with E-state index >= 15 is 0 Å². The fourth-order valence-corrected chi connectivity index (χ4v) is 7.59. The molecule has 2 amide bonds. The summed E-state index contributed by atoms with van der Waals surface area (Å²) in [4.78, 5) is 81.3. The molecule has 2 heterocycles. The summed E-state index contributed by atoms with van der Waals surface area (Å²) in [6.07, 6.45) is 1.43. The van der Waals surface area contributed by atoms with Gasteiger partial charge in [-0.1, -0.05) is 33.7 Å². The monoisotopic (exact) mass is 748 g/mol. The number of hydrogen-bond acceptors (Lipinski definition) is 18. The summed E-state index contributed by atoms with van der Waals surface area (Å²) >= 11 is 8.12. The number of ether oxygens (including phenoxy) is 2. The van der Waals surface area contributed by atoms with Crippen LogP contribution in [0.5, 0.6) is 0 Å². The maximum Gasteiger partial charge on any atom is 0.329 e. The highest BCUT2D eigenvalue weighted by atomic mass is 33.1. The Morgan fingerprint density at radius 3 is 1.46 bits per heavy atom. The molecular weight excluding hydrogens is 717 g/mol. The maximum atomic E-state index is 13.0. The number of esters is 2. The molecule has 0 aliphatic heterocycles. The third kappa shape index (κ3) is 13.3. The highest BCUT2D eigenvalue weighted by molar-refractivity contribution is 8.76. The molecule has 4 N–H and O–H groups in total. The number of nitrogens with zero attached hydrogens (tertiary/aromatic N) is 2. The van der Waals surface area contributed by atoms with E-state index in [0.717, 1.165) is 22.0 Å². The molecule has 0 saturated heterocycles. The van der Waals surface area contributed by atoms with E-state index in [-0.39, 0.29) is 34.3 Å². The lowest BCUT2D eigenvalue weighted by Crippen LogP contribution is -2.43. The predicted octanol–water partition coefficient (Wildman–Crippen LogP) is 1.45. The van der Waals surface area contributed by atoms with Crippen LogP contribution in [-0.2, 0) is 28.7 Å². The molecule has 0 spiro atoms. The second-order valence-electron chi connectivity index (χ2n) is 8.74. The molecule has 0 aromatic carbocycles. The van der Waals surface area contributed by atoms with Gasteiger partial charge in [-0.15, -0.1) is 0 Å². The van der Waals surface area contributed by atoms with Gasteiger partial charge in [0, 0.05) is 23.0 Å². The summed E-state index contributed by atoms with van der Waals surface area (Å²) in [5.41, 5.74) is 0.514. The average molecular weight is 749 g/mol. The molecule has 0 fully saturated rings. The van der Waals surface area contributed by atoms with Crippen molar-refractivity contribution >= 4 is 105 Å². The molecule has 14 nitrogen and oxygen atoms in total. The molecule has 4 atom stereocenters. The topological polar surface area (TPSA) is 195 Å². The second-order valence-corrected chi connectivity index (χ2v) is 13.8. The maximum absolute atomic E-state index is 13.0. The standard InChI is InChI=1S/C26H32N6O8S6/c1-39-25(37)21(13-43-45-31-15(9-33)11-41)29-23(35)19-7-3-5-17(27-19)18-6-4-8-20(28-18)24(36)30-22(26(38)40-2)14-44-46-32-16(10-34)12-42/h3-10,15-16,21-22,31-32,41-42H,11-14H2,1-2H3,(H,29,35)(H,30,36)/t15-,16-,21?,22?/m1/s1. The molecule has 2 aromatic heterocycles. The molecule has 2 rings (SSSR count). The van der Waals surface area contributed by atoms with E-state index in [1.807, 2.05) is 0 Å². The third-order valence-electron chi connectivity index (χ3n) is 5.52. The van der Waals surface area contributed by atoms with Crippen molar-refractivity contribution < 1.29 is 38.2 Å². The number of pyridine rings is 2. The van der Waals surface area contributed by atoms with Crippen molar-refractivity contribution in [2.75, 3.05) is 37.2 Å². The Morgan fingerprint density at radius 1 is 0.739 bits per heavy atom. The lowest BCUT2D eigenvalue weighted by Gasteiger charge is -2.17. The first-order valence-electron chi connectivity index (χ1n) is 13.1. The highest BCUT2D eigenvalue weighted by Gasteiger charge is 2.25. The summed E-state index contributed by atoms with van der Waals surface area (Å²) < 4.78 is 15.4. The zero-order valence-corrected chi connectivity index (χ0v) is 29.5. The first-order chi connectivity index (χ1) is 22.2. The molecule has 0 radical (unpaired) electrons. The van der Waals surface area contributed by atoms with Gasteiger partial charge in [0.2, 0.25) is 0 Å². The number of hydrogen-bond donors (Lipinski definition) is 6. The van der Waals surface area contributed by atoms with Gasteiger partial charge in [0.15, 0.2) is 0 Å². The van der Waals surface area contributed by atoms with E-state index in [1.165, 1.54) is 47.9 Å². The van der Waals surface area contributed by atoms with Gasteiger partial charge in [-0.05, 0) is 46.2 Å². The fraction of sp³-hybridized carbons (Fsp3) is 0.385. The molecular formula is C26H32N6O8S6. The number of nitrogens with one attached hydrogen (secondary N) is 4. The Bertz CT molecular complexity index is 1250. The molecule has 0 saturated carbocycles. The lowest BCUT2D eigenvalue weighted by molar-refractivity contribution is -0.143. The molecule has 0 aliphatic rings. The largest absolute Gasteiger partial charge is 0.467 e. The van der Waals surface area contributed by atoms with Gasteiger partial charge in [-0.25, -0.2) is 29.0 Å². The number of aldehydes is 2. The van der Waals surface area contributed by atoms with Crippen LogP contribution >= 0.6 is 68.8 Å². The van der Waals surface area contributed by atoms with Crippen LogP contribution < -0.4 is 20.1 Å². The van der Waals surface area contributed by atoms with E-state index in [4.69, 9.17) is 9.47 Å². The Morgan fingerprint density at radius 2 is 1.13 bits per heavy atom. The molecule has 2 aromatic rings. The quantitative estimate of drug-likeness (QED) is 0.0268. The second kappa shape index (κ2) is 22.2. The molecule has 2 unspecified atom stereocenters. The first kappa shape index (κ1) is 39.7. The summed E-state index contributed by atoms with van der Waals surface area (Å²) in [6, 6.07) is 6.27. The zero-order chi connectivity index (χ0) is 33.9. The Labute approximate surface area is 292 Å². The van der Waals surface area contributed by atoms with Crippen LogP contribution in [0.4, 0.5) is 0 Å². The Balaban J connectivity index is 2.10. The van der Waals surface area contributed by atoms with Crippen molar-refractivity contribution in [1.82, 2.24) is 30.0 Å². The summed E-state index contributed by atoms with van der Waals surface area (Å²) in [5, 5.41) is 5.20. The van der Waals surface area contributed by atoms with Crippen LogP contribution in [0.2, 0.25) is 0 Å². The molecule has 250 valence electrons. The number of carbonyl (C=O) groups excluding carboxylic acids is 6. The van der Waals surface area contributed by atoms with E-state index in [0.29, 0.717) is 24.1 Å². The number of methoxy groups -OCH3 is 2. The summed E-state index contributed by atoms with van der Waals surface area (Å²) in [7, 11) is 7.07. The fourth-order valence-electron chi connectivity index (χ4n) is 3.11. The van der Waals surface area contributed by atoms with Crippen molar-refractivity contribution in [2.24, 2.45) is 0 Å². The smallest absolute Gasteiger partial charge is 0.329 e. The van der Waals surface area contributed by atoms with Crippen molar-refractivity contribution in [3.05, 3.63) is 47.8 Å². The first-order valence-corrected chi connectivity index (χ1v) is 19.0. The van der Waals surface area contributed by atoms with E-state index in [2.05, 4.69) is 55.3 Å². The van der Waals surface area contributed by atoms with E-state index in [1.54, 1.807) is 24.3 Å². The molecule has 0 aliphatic carbocycles. The number of amides is 2. The minimum absolute atomic E-state index is 0.0152. The van der Waals surface area contributed by atoms with Crippen molar-refractivity contribution in [1.29, 1.82) is 0 Å². The van der Waals surface area contributed by atoms with Crippen LogP contribution in [0.1, 0.15) is 21.0 Å². The summed E-state index contributed by atoms with van der Waals surface area (Å²) in [6.45, 7) is 0. The number of thiol groups is 2. The van der Waals surface area contributed by atoms with Crippen molar-refractivity contribution in [3.8, 4) is 11.4 Å². The average Bonchev–Trinajstić information content (AvgIpc) is 3.09.